The van der Waals surface area contributed by atoms with Crippen LogP contribution in [0.25, 0.3) is 0 Å². The fourth-order valence-corrected chi connectivity index (χ4v) is 3.42. The molecule has 1 aromatic carbocycles. The molecule has 0 unspecified atom stereocenters. The van der Waals surface area contributed by atoms with Crippen molar-refractivity contribution in [1.29, 1.82) is 0 Å². The van der Waals surface area contributed by atoms with Gasteiger partial charge in [-0.15, -0.1) is 0 Å². The number of ether oxygens (including phenoxy) is 1. The molecule has 0 spiro atoms. The molecule has 3 heterocycles. The van der Waals surface area contributed by atoms with Gasteiger partial charge in [0.05, 0.1) is 12.2 Å². The summed E-state index contributed by atoms with van der Waals surface area (Å²) in [5.74, 6) is 0.876. The van der Waals surface area contributed by atoms with Gasteiger partial charge in [0.1, 0.15) is 17.6 Å². The highest BCUT2D eigenvalue weighted by Gasteiger charge is 2.28. The van der Waals surface area contributed by atoms with E-state index in [2.05, 4.69) is 20.9 Å². The number of cyclic esters (lactones) is 1. The number of benzene rings is 1. The summed E-state index contributed by atoms with van der Waals surface area (Å²) in [6.45, 7) is 2.48. The summed E-state index contributed by atoms with van der Waals surface area (Å²) >= 11 is 5.98. The van der Waals surface area contributed by atoms with Crippen molar-refractivity contribution in [3.8, 4) is 0 Å². The number of aromatic nitrogens is 2. The van der Waals surface area contributed by atoms with E-state index in [0.717, 1.165) is 24.2 Å². The van der Waals surface area contributed by atoms with Crippen LogP contribution in [0.2, 0.25) is 5.15 Å². The van der Waals surface area contributed by atoms with Crippen molar-refractivity contribution in [3.05, 3.63) is 40.5 Å². The lowest BCUT2D eigenvalue weighted by molar-refractivity contribution is 0.181. The lowest BCUT2D eigenvalue weighted by atomic mass is 9.97. The molecule has 1 saturated heterocycles. The van der Waals surface area contributed by atoms with Crippen molar-refractivity contribution < 1.29 is 9.53 Å². The quantitative estimate of drug-likeness (QED) is 0.840. The SMILES string of the molecule is Nc1nc(Cl)cc(N2CCc3c(cccc3N3CCOC3=O)C2)n1. The van der Waals surface area contributed by atoms with Crippen LogP contribution < -0.4 is 15.5 Å². The number of anilines is 3. The molecule has 8 heteroatoms. The Labute approximate surface area is 144 Å². The Bertz CT molecular complexity index is 793. The van der Waals surface area contributed by atoms with E-state index in [1.807, 2.05) is 12.1 Å². The molecule has 1 fully saturated rings. The summed E-state index contributed by atoms with van der Waals surface area (Å²) in [6, 6.07) is 7.72. The second-order valence-corrected chi connectivity index (χ2v) is 6.15. The van der Waals surface area contributed by atoms with Crippen molar-refractivity contribution in [3.63, 3.8) is 0 Å². The van der Waals surface area contributed by atoms with Crippen LogP contribution in [0.1, 0.15) is 11.1 Å². The molecule has 7 nitrogen and oxygen atoms in total. The number of carbonyl (C=O) groups excluding carboxylic acids is 1. The van der Waals surface area contributed by atoms with Gasteiger partial charge in [-0.2, -0.15) is 4.98 Å². The van der Waals surface area contributed by atoms with Crippen LogP contribution in [0.5, 0.6) is 0 Å². The summed E-state index contributed by atoms with van der Waals surface area (Å²) in [6.07, 6.45) is 0.526. The van der Waals surface area contributed by atoms with E-state index < -0.39 is 0 Å². The van der Waals surface area contributed by atoms with Crippen LogP contribution in [0.4, 0.5) is 22.2 Å². The molecule has 0 atom stereocenters. The third kappa shape index (κ3) is 2.60. The minimum Gasteiger partial charge on any atom is -0.447 e. The predicted octanol–water partition coefficient (Wildman–Crippen LogP) is 2.23. The van der Waals surface area contributed by atoms with Gasteiger partial charge in [0, 0.05) is 19.2 Å². The zero-order valence-electron chi connectivity index (χ0n) is 12.9. The van der Waals surface area contributed by atoms with E-state index >= 15 is 0 Å². The molecule has 0 aliphatic carbocycles. The first-order valence-corrected chi connectivity index (χ1v) is 8.09. The molecule has 4 rings (SSSR count). The van der Waals surface area contributed by atoms with E-state index in [1.165, 1.54) is 5.56 Å². The molecule has 124 valence electrons. The molecular weight excluding hydrogens is 330 g/mol. The van der Waals surface area contributed by atoms with E-state index in [4.69, 9.17) is 22.1 Å². The molecule has 2 aliphatic rings. The first-order chi connectivity index (χ1) is 11.6. The molecule has 2 aromatic rings. The maximum atomic E-state index is 11.9. The molecule has 2 N–H and O–H groups in total. The smallest absolute Gasteiger partial charge is 0.414 e. The number of nitrogens with two attached hydrogens (primary N) is 1. The van der Waals surface area contributed by atoms with Crippen molar-refractivity contribution in [2.75, 3.05) is 35.2 Å². The van der Waals surface area contributed by atoms with Gasteiger partial charge in [0.15, 0.2) is 0 Å². The van der Waals surface area contributed by atoms with Gasteiger partial charge in [-0.05, 0) is 23.6 Å². The highest BCUT2D eigenvalue weighted by molar-refractivity contribution is 6.29. The molecule has 0 saturated carbocycles. The fraction of sp³-hybridized carbons (Fsp3) is 0.312. The first-order valence-electron chi connectivity index (χ1n) is 7.72. The zero-order chi connectivity index (χ0) is 16.7. The Morgan fingerprint density at radius 1 is 1.25 bits per heavy atom. The number of amides is 1. The summed E-state index contributed by atoms with van der Waals surface area (Å²) < 4.78 is 5.06. The van der Waals surface area contributed by atoms with Gasteiger partial charge in [0.25, 0.3) is 0 Å². The van der Waals surface area contributed by atoms with Crippen LogP contribution in [-0.2, 0) is 17.7 Å². The van der Waals surface area contributed by atoms with Crippen molar-refractivity contribution in [2.24, 2.45) is 0 Å². The number of hydrogen-bond acceptors (Lipinski definition) is 6. The average molecular weight is 346 g/mol. The second kappa shape index (κ2) is 5.83. The summed E-state index contributed by atoms with van der Waals surface area (Å²) in [7, 11) is 0. The summed E-state index contributed by atoms with van der Waals surface area (Å²) in [4.78, 5) is 23.8. The van der Waals surface area contributed by atoms with Gasteiger partial charge >= 0.3 is 6.09 Å². The Kier molecular flexibility index (Phi) is 3.65. The first kappa shape index (κ1) is 15.0. The number of nitrogens with zero attached hydrogens (tertiary/aromatic N) is 4. The van der Waals surface area contributed by atoms with Gasteiger partial charge in [-0.25, -0.2) is 9.78 Å². The van der Waals surface area contributed by atoms with Crippen LogP contribution in [0, 0.1) is 0 Å². The number of halogens is 1. The highest BCUT2D eigenvalue weighted by Crippen LogP contribution is 2.32. The third-order valence-electron chi connectivity index (χ3n) is 4.32. The lowest BCUT2D eigenvalue weighted by Gasteiger charge is -2.32. The zero-order valence-corrected chi connectivity index (χ0v) is 13.7. The molecule has 0 radical (unpaired) electrons. The minimum absolute atomic E-state index is 0.164. The monoisotopic (exact) mass is 345 g/mol. The van der Waals surface area contributed by atoms with Crippen LogP contribution in [0.3, 0.4) is 0 Å². The molecule has 1 amide bonds. The molecule has 2 aliphatic heterocycles. The van der Waals surface area contributed by atoms with Crippen molar-refractivity contribution >= 4 is 35.1 Å². The Morgan fingerprint density at radius 3 is 2.88 bits per heavy atom. The van der Waals surface area contributed by atoms with Gasteiger partial charge < -0.3 is 15.4 Å². The second-order valence-electron chi connectivity index (χ2n) is 5.76. The van der Waals surface area contributed by atoms with E-state index in [-0.39, 0.29) is 12.0 Å². The highest BCUT2D eigenvalue weighted by atomic mass is 35.5. The number of hydrogen-bond donors (Lipinski definition) is 1. The molecular formula is C16H16ClN5O2. The maximum Gasteiger partial charge on any atom is 0.414 e. The number of nitrogen functional groups attached to an aromatic ring is 1. The van der Waals surface area contributed by atoms with Crippen molar-refractivity contribution in [1.82, 2.24) is 9.97 Å². The van der Waals surface area contributed by atoms with Crippen molar-refractivity contribution in [2.45, 2.75) is 13.0 Å². The summed E-state index contributed by atoms with van der Waals surface area (Å²) in [5.41, 5.74) is 8.97. The Hall–Kier alpha value is -2.54. The van der Waals surface area contributed by atoms with Crippen LogP contribution >= 0.6 is 11.6 Å². The standard InChI is InChI=1S/C16H16ClN5O2/c17-13-8-14(20-15(18)19-13)21-5-4-11-10(9-21)2-1-3-12(11)22-6-7-24-16(22)23/h1-3,8H,4-7,9H2,(H2,18,19,20). The predicted molar refractivity (Wildman–Crippen MR) is 91.3 cm³/mol. The third-order valence-corrected chi connectivity index (χ3v) is 4.51. The Morgan fingerprint density at radius 2 is 2.12 bits per heavy atom. The van der Waals surface area contributed by atoms with Crippen LogP contribution in [0.15, 0.2) is 24.3 Å². The average Bonchev–Trinajstić information content (AvgIpc) is 2.99. The fourth-order valence-electron chi connectivity index (χ4n) is 3.23. The Balaban J connectivity index is 1.65. The maximum absolute atomic E-state index is 11.9. The van der Waals surface area contributed by atoms with Crippen LogP contribution in [-0.4, -0.2) is 35.8 Å². The number of carbonyl (C=O) groups is 1. The molecule has 1 aromatic heterocycles. The number of fused-ring (bicyclic) bond motifs is 1. The van der Waals surface area contributed by atoms with Gasteiger partial charge in [0.2, 0.25) is 5.95 Å². The topological polar surface area (TPSA) is 84.6 Å². The summed E-state index contributed by atoms with van der Waals surface area (Å²) in [5, 5.41) is 0.330. The van der Waals surface area contributed by atoms with E-state index in [9.17, 15) is 4.79 Å². The normalized spacial score (nSPS) is 17.0. The van der Waals surface area contributed by atoms with E-state index in [1.54, 1.807) is 11.0 Å². The number of rotatable bonds is 2. The largest absolute Gasteiger partial charge is 0.447 e. The van der Waals surface area contributed by atoms with Gasteiger partial charge in [-0.1, -0.05) is 23.7 Å². The minimum atomic E-state index is -0.277. The molecule has 0 bridgehead atoms. The molecule has 24 heavy (non-hydrogen) atoms. The van der Waals surface area contributed by atoms with Gasteiger partial charge in [-0.3, -0.25) is 4.90 Å². The van der Waals surface area contributed by atoms with E-state index in [0.29, 0.717) is 30.7 Å². The lowest BCUT2D eigenvalue weighted by Crippen LogP contribution is -2.33.